The monoisotopic (exact) mass is 201 g/mol. The van der Waals surface area contributed by atoms with Crippen molar-refractivity contribution in [3.8, 4) is 5.88 Å². The summed E-state index contributed by atoms with van der Waals surface area (Å²) in [7, 11) is 0. The number of halogens is 1. The van der Waals surface area contributed by atoms with Crippen LogP contribution in [0.15, 0.2) is 0 Å². The van der Waals surface area contributed by atoms with Gasteiger partial charge < -0.3 is 10.5 Å². The molecular weight excluding hydrogens is 190 g/mol. The molecule has 0 radical (unpaired) electrons. The second-order valence-electron chi connectivity index (χ2n) is 3.04. The van der Waals surface area contributed by atoms with Gasteiger partial charge in [0.05, 0.1) is 12.2 Å². The lowest BCUT2D eigenvalue weighted by Crippen LogP contribution is -2.16. The maximum absolute atomic E-state index is 5.95. The van der Waals surface area contributed by atoms with E-state index in [1.54, 1.807) is 0 Å². The van der Waals surface area contributed by atoms with Gasteiger partial charge in [-0.15, -0.1) is 0 Å². The molecule has 0 aliphatic carbocycles. The number of fused-ring (bicyclic) bond motifs is 1. The van der Waals surface area contributed by atoms with Gasteiger partial charge in [0.1, 0.15) is 0 Å². The molecule has 1 aliphatic rings. The number of nitrogens with two attached hydrogens (primary N) is 1. The number of ether oxygens (including phenoxy) is 1. The molecule has 2 N–H and O–H groups in total. The fraction of sp³-hybridized carbons (Fsp3) is 0.625. The molecule has 0 atom stereocenters. The molecule has 4 nitrogen and oxygen atoms in total. The highest BCUT2D eigenvalue weighted by molar-refractivity contribution is 6.30. The Kier molecular flexibility index (Phi) is 2.42. The normalized spacial score (nSPS) is 15.2. The van der Waals surface area contributed by atoms with Crippen LogP contribution in [0.3, 0.4) is 0 Å². The van der Waals surface area contributed by atoms with Gasteiger partial charge in [-0.05, 0) is 13.0 Å². The van der Waals surface area contributed by atoms with Gasteiger partial charge in [0.15, 0.2) is 5.15 Å². The van der Waals surface area contributed by atoms with Gasteiger partial charge in [-0.25, -0.2) is 4.68 Å². The highest BCUT2D eigenvalue weighted by Gasteiger charge is 2.19. The average molecular weight is 202 g/mol. The Morgan fingerprint density at radius 1 is 1.62 bits per heavy atom. The maximum atomic E-state index is 5.95. The Morgan fingerprint density at radius 3 is 3.23 bits per heavy atom. The van der Waals surface area contributed by atoms with Gasteiger partial charge in [0, 0.05) is 13.0 Å². The highest BCUT2D eigenvalue weighted by atomic mass is 35.5. The van der Waals surface area contributed by atoms with Crippen molar-refractivity contribution in [2.45, 2.75) is 19.4 Å². The van der Waals surface area contributed by atoms with Crippen molar-refractivity contribution < 1.29 is 4.74 Å². The molecule has 1 aliphatic heterocycles. The van der Waals surface area contributed by atoms with Crippen LogP contribution >= 0.6 is 11.6 Å². The van der Waals surface area contributed by atoms with Crippen LogP contribution in [0.2, 0.25) is 5.15 Å². The fourth-order valence-electron chi connectivity index (χ4n) is 1.51. The number of aryl methyl sites for hydroxylation is 1. The van der Waals surface area contributed by atoms with E-state index in [9.17, 15) is 0 Å². The zero-order valence-corrected chi connectivity index (χ0v) is 8.05. The summed E-state index contributed by atoms with van der Waals surface area (Å²) in [5.74, 6) is 0.807. The lowest BCUT2D eigenvalue weighted by molar-refractivity contribution is 0.228. The summed E-state index contributed by atoms with van der Waals surface area (Å²) in [5.41, 5.74) is 6.42. The summed E-state index contributed by atoms with van der Waals surface area (Å²) in [4.78, 5) is 0. The zero-order valence-electron chi connectivity index (χ0n) is 7.29. The Hall–Kier alpha value is -0.740. The minimum absolute atomic E-state index is 0.530. The van der Waals surface area contributed by atoms with Crippen molar-refractivity contribution in [3.63, 3.8) is 0 Å². The molecule has 0 spiro atoms. The van der Waals surface area contributed by atoms with E-state index in [0.717, 1.165) is 37.4 Å². The standard InChI is InChI=1S/C8H12ClN3O/c9-7-6(2-3-10)8-12(11-7)4-1-5-13-8/h1-5,10H2. The van der Waals surface area contributed by atoms with Crippen LogP contribution in [0.4, 0.5) is 0 Å². The van der Waals surface area contributed by atoms with Gasteiger partial charge in [0.25, 0.3) is 0 Å². The van der Waals surface area contributed by atoms with E-state index in [2.05, 4.69) is 5.10 Å². The smallest absolute Gasteiger partial charge is 0.216 e. The van der Waals surface area contributed by atoms with E-state index in [4.69, 9.17) is 22.1 Å². The molecule has 13 heavy (non-hydrogen) atoms. The molecule has 1 aromatic rings. The Morgan fingerprint density at radius 2 is 2.46 bits per heavy atom. The van der Waals surface area contributed by atoms with Gasteiger partial charge in [0.2, 0.25) is 5.88 Å². The van der Waals surface area contributed by atoms with Gasteiger partial charge in [-0.2, -0.15) is 5.10 Å². The molecule has 0 amide bonds. The second kappa shape index (κ2) is 3.55. The first-order valence-corrected chi connectivity index (χ1v) is 4.78. The lowest BCUT2D eigenvalue weighted by Gasteiger charge is -2.15. The van der Waals surface area contributed by atoms with Crippen molar-refractivity contribution in [3.05, 3.63) is 10.7 Å². The Bertz CT molecular complexity index is 311. The minimum atomic E-state index is 0.530. The first-order valence-electron chi connectivity index (χ1n) is 4.41. The highest BCUT2D eigenvalue weighted by Crippen LogP contribution is 2.29. The summed E-state index contributed by atoms with van der Waals surface area (Å²) in [6, 6.07) is 0. The summed E-state index contributed by atoms with van der Waals surface area (Å²) < 4.78 is 7.30. The molecule has 0 unspecified atom stereocenters. The molecule has 0 fully saturated rings. The minimum Gasteiger partial charge on any atom is -0.478 e. The summed E-state index contributed by atoms with van der Waals surface area (Å²) in [6.07, 6.45) is 1.72. The first-order chi connectivity index (χ1) is 6.33. The van der Waals surface area contributed by atoms with Crippen molar-refractivity contribution in [1.29, 1.82) is 0 Å². The van der Waals surface area contributed by atoms with Crippen LogP contribution in [0, 0.1) is 0 Å². The van der Waals surface area contributed by atoms with E-state index in [0.29, 0.717) is 11.7 Å². The molecule has 1 aromatic heterocycles. The van der Waals surface area contributed by atoms with Crippen molar-refractivity contribution in [1.82, 2.24) is 9.78 Å². The topological polar surface area (TPSA) is 53.1 Å². The summed E-state index contributed by atoms with van der Waals surface area (Å²) in [5, 5.41) is 4.70. The average Bonchev–Trinajstić information content (AvgIpc) is 2.44. The maximum Gasteiger partial charge on any atom is 0.216 e. The first kappa shape index (κ1) is 8.84. The van der Waals surface area contributed by atoms with Crippen LogP contribution in [-0.2, 0) is 13.0 Å². The number of aromatic nitrogens is 2. The van der Waals surface area contributed by atoms with E-state index in [1.165, 1.54) is 0 Å². The largest absolute Gasteiger partial charge is 0.478 e. The number of hydrogen-bond acceptors (Lipinski definition) is 3. The predicted octanol–water partition coefficient (Wildman–Crippen LogP) is 0.820. The third-order valence-electron chi connectivity index (χ3n) is 2.10. The molecular formula is C8H12ClN3O. The molecule has 5 heteroatoms. The quantitative estimate of drug-likeness (QED) is 0.771. The molecule has 2 rings (SSSR count). The molecule has 72 valence electrons. The SMILES string of the molecule is NCCc1c(Cl)nn2c1OCCC2. The summed E-state index contributed by atoms with van der Waals surface area (Å²) in [6.45, 7) is 2.21. The molecule has 0 aromatic carbocycles. The number of hydrogen-bond donors (Lipinski definition) is 1. The zero-order chi connectivity index (χ0) is 9.26. The van der Waals surface area contributed by atoms with Gasteiger partial charge >= 0.3 is 0 Å². The van der Waals surface area contributed by atoms with E-state index in [1.807, 2.05) is 4.68 Å². The molecule has 0 saturated heterocycles. The molecule has 0 saturated carbocycles. The van der Waals surface area contributed by atoms with Crippen molar-refractivity contribution in [2.24, 2.45) is 5.73 Å². The number of nitrogens with zero attached hydrogens (tertiary/aromatic N) is 2. The second-order valence-corrected chi connectivity index (χ2v) is 3.40. The number of rotatable bonds is 2. The lowest BCUT2D eigenvalue weighted by atomic mass is 10.2. The van der Waals surface area contributed by atoms with Crippen LogP contribution in [0.25, 0.3) is 0 Å². The molecule has 2 heterocycles. The predicted molar refractivity (Wildman–Crippen MR) is 50.1 cm³/mol. The van der Waals surface area contributed by atoms with Crippen LogP contribution < -0.4 is 10.5 Å². The van der Waals surface area contributed by atoms with E-state index in [-0.39, 0.29) is 0 Å². The Balaban J connectivity index is 2.36. The molecule has 0 bridgehead atoms. The van der Waals surface area contributed by atoms with Crippen LogP contribution in [-0.4, -0.2) is 22.9 Å². The fourth-order valence-corrected chi connectivity index (χ4v) is 1.77. The van der Waals surface area contributed by atoms with Crippen LogP contribution in [0.5, 0.6) is 5.88 Å². The third kappa shape index (κ3) is 1.51. The Labute approximate surface area is 81.6 Å². The van der Waals surface area contributed by atoms with Crippen LogP contribution in [0.1, 0.15) is 12.0 Å². The van der Waals surface area contributed by atoms with Crippen molar-refractivity contribution >= 4 is 11.6 Å². The van der Waals surface area contributed by atoms with Gasteiger partial charge in [-0.3, -0.25) is 0 Å². The van der Waals surface area contributed by atoms with E-state index < -0.39 is 0 Å². The third-order valence-corrected chi connectivity index (χ3v) is 2.40. The summed E-state index contributed by atoms with van der Waals surface area (Å²) >= 11 is 5.95. The van der Waals surface area contributed by atoms with E-state index >= 15 is 0 Å². The van der Waals surface area contributed by atoms with Gasteiger partial charge in [-0.1, -0.05) is 11.6 Å². The van der Waals surface area contributed by atoms with Crippen molar-refractivity contribution in [2.75, 3.05) is 13.2 Å².